The Morgan fingerprint density at radius 3 is 2.32 bits per heavy atom. The number of hydrogen-bond acceptors (Lipinski definition) is 6. The molecule has 4 rings (SSSR count). The maximum Gasteiger partial charge on any atom is 0.219 e. The Bertz CT molecular complexity index is 795. The van der Waals surface area contributed by atoms with Gasteiger partial charge < -0.3 is 20.3 Å². The SMILES string of the molecule is COc1ccc([C@]2(c3cnc(N)nc3)CC[C@H](O)CC2)cc1OC1CCCC1. The molecule has 2 aliphatic carbocycles. The second-order valence-electron chi connectivity index (χ2n) is 8.03. The summed E-state index contributed by atoms with van der Waals surface area (Å²) in [5.74, 6) is 1.83. The van der Waals surface area contributed by atoms with Crippen molar-refractivity contribution in [2.45, 2.75) is 69.0 Å². The van der Waals surface area contributed by atoms with Crippen LogP contribution in [0.2, 0.25) is 0 Å². The van der Waals surface area contributed by atoms with Gasteiger partial charge in [-0.1, -0.05) is 6.07 Å². The Labute approximate surface area is 166 Å². The number of aromatic nitrogens is 2. The molecule has 6 nitrogen and oxygen atoms in total. The monoisotopic (exact) mass is 383 g/mol. The topological polar surface area (TPSA) is 90.5 Å². The number of anilines is 1. The summed E-state index contributed by atoms with van der Waals surface area (Å²) in [4.78, 5) is 8.46. The smallest absolute Gasteiger partial charge is 0.219 e. The number of benzene rings is 1. The quantitative estimate of drug-likeness (QED) is 0.820. The molecule has 6 heteroatoms. The van der Waals surface area contributed by atoms with Gasteiger partial charge in [0.05, 0.1) is 19.3 Å². The minimum atomic E-state index is -0.257. The molecule has 2 aromatic rings. The van der Waals surface area contributed by atoms with Crippen LogP contribution in [-0.2, 0) is 5.41 Å². The van der Waals surface area contributed by atoms with Crippen molar-refractivity contribution in [3.63, 3.8) is 0 Å². The van der Waals surface area contributed by atoms with E-state index in [1.165, 1.54) is 12.8 Å². The summed E-state index contributed by atoms with van der Waals surface area (Å²) in [6.45, 7) is 0. The molecule has 0 radical (unpaired) electrons. The van der Waals surface area contributed by atoms with Gasteiger partial charge in [-0.15, -0.1) is 0 Å². The summed E-state index contributed by atoms with van der Waals surface area (Å²) in [5, 5.41) is 10.1. The van der Waals surface area contributed by atoms with Gasteiger partial charge in [0.15, 0.2) is 11.5 Å². The zero-order valence-corrected chi connectivity index (χ0v) is 16.4. The van der Waals surface area contributed by atoms with E-state index in [4.69, 9.17) is 15.2 Å². The number of aliphatic hydroxyl groups is 1. The fraction of sp³-hybridized carbons (Fsp3) is 0.545. The lowest BCUT2D eigenvalue weighted by molar-refractivity contribution is 0.106. The van der Waals surface area contributed by atoms with Gasteiger partial charge in [-0.3, -0.25) is 0 Å². The number of nitrogens with two attached hydrogens (primary N) is 1. The fourth-order valence-corrected chi connectivity index (χ4v) is 4.68. The van der Waals surface area contributed by atoms with Crippen LogP contribution in [0.1, 0.15) is 62.5 Å². The highest BCUT2D eigenvalue weighted by molar-refractivity contribution is 5.49. The van der Waals surface area contributed by atoms with E-state index in [0.29, 0.717) is 0 Å². The zero-order valence-electron chi connectivity index (χ0n) is 16.4. The van der Waals surface area contributed by atoms with Crippen molar-refractivity contribution in [3.8, 4) is 11.5 Å². The summed E-state index contributed by atoms with van der Waals surface area (Å²) in [7, 11) is 1.68. The lowest BCUT2D eigenvalue weighted by Gasteiger charge is -2.40. The number of aliphatic hydroxyl groups excluding tert-OH is 1. The van der Waals surface area contributed by atoms with E-state index >= 15 is 0 Å². The van der Waals surface area contributed by atoms with E-state index in [9.17, 15) is 5.11 Å². The maximum atomic E-state index is 10.1. The number of rotatable bonds is 5. The van der Waals surface area contributed by atoms with E-state index in [-0.39, 0.29) is 23.6 Å². The second kappa shape index (κ2) is 7.95. The van der Waals surface area contributed by atoms with Crippen molar-refractivity contribution in [1.82, 2.24) is 9.97 Å². The van der Waals surface area contributed by atoms with Gasteiger partial charge in [-0.05, 0) is 74.6 Å². The zero-order chi connectivity index (χ0) is 19.6. The van der Waals surface area contributed by atoms with E-state index in [1.54, 1.807) is 7.11 Å². The average molecular weight is 383 g/mol. The van der Waals surface area contributed by atoms with Crippen molar-refractivity contribution in [2.75, 3.05) is 12.8 Å². The molecule has 1 heterocycles. The second-order valence-corrected chi connectivity index (χ2v) is 8.03. The summed E-state index contributed by atoms with van der Waals surface area (Å²) in [5.41, 5.74) is 7.64. The molecule has 0 atom stereocenters. The molecule has 150 valence electrons. The molecule has 0 bridgehead atoms. The average Bonchev–Trinajstić information content (AvgIpc) is 3.22. The van der Waals surface area contributed by atoms with Crippen LogP contribution < -0.4 is 15.2 Å². The maximum absolute atomic E-state index is 10.1. The van der Waals surface area contributed by atoms with Crippen LogP contribution in [0.25, 0.3) is 0 Å². The van der Waals surface area contributed by atoms with E-state index in [0.717, 1.165) is 61.2 Å². The van der Waals surface area contributed by atoms with Crippen LogP contribution in [0.15, 0.2) is 30.6 Å². The molecule has 0 saturated heterocycles. The molecule has 3 N–H and O–H groups in total. The highest BCUT2D eigenvalue weighted by Crippen LogP contribution is 2.47. The standard InChI is InChI=1S/C22H29N3O3/c1-27-19-7-6-15(12-20(19)28-18-4-2-3-5-18)22(10-8-17(26)9-11-22)16-13-24-21(23)25-14-16/h6-7,12-14,17-18,26H,2-5,8-11H2,1H3,(H2,23,24,25)/t17-,22-. The normalized spacial score (nSPS) is 25.6. The van der Waals surface area contributed by atoms with Crippen LogP contribution in [0.3, 0.4) is 0 Å². The fourth-order valence-electron chi connectivity index (χ4n) is 4.68. The Hall–Kier alpha value is -2.34. The van der Waals surface area contributed by atoms with Crippen LogP contribution in [-0.4, -0.2) is 34.4 Å². The van der Waals surface area contributed by atoms with E-state index in [1.807, 2.05) is 18.5 Å². The lowest BCUT2D eigenvalue weighted by atomic mass is 9.65. The number of ether oxygens (including phenoxy) is 2. The van der Waals surface area contributed by atoms with Crippen molar-refractivity contribution >= 4 is 5.95 Å². The molecule has 1 aromatic carbocycles. The van der Waals surface area contributed by atoms with Gasteiger partial charge >= 0.3 is 0 Å². The molecule has 0 unspecified atom stereocenters. The largest absolute Gasteiger partial charge is 0.493 e. The Balaban J connectivity index is 1.74. The van der Waals surface area contributed by atoms with Crippen LogP contribution >= 0.6 is 0 Å². The Morgan fingerprint density at radius 2 is 1.68 bits per heavy atom. The number of methoxy groups -OCH3 is 1. The van der Waals surface area contributed by atoms with Crippen LogP contribution in [0.5, 0.6) is 11.5 Å². The first-order chi connectivity index (χ1) is 13.6. The summed E-state index contributed by atoms with van der Waals surface area (Å²) >= 11 is 0. The van der Waals surface area contributed by atoms with Gasteiger partial charge in [0.1, 0.15) is 0 Å². The van der Waals surface area contributed by atoms with Crippen molar-refractivity contribution < 1.29 is 14.6 Å². The lowest BCUT2D eigenvalue weighted by Crippen LogP contribution is -2.35. The van der Waals surface area contributed by atoms with Crippen molar-refractivity contribution in [2.24, 2.45) is 0 Å². The molecular weight excluding hydrogens is 354 g/mol. The number of hydrogen-bond donors (Lipinski definition) is 2. The Kier molecular flexibility index (Phi) is 5.40. The first-order valence-electron chi connectivity index (χ1n) is 10.2. The van der Waals surface area contributed by atoms with Gasteiger partial charge in [0.25, 0.3) is 0 Å². The molecule has 2 saturated carbocycles. The van der Waals surface area contributed by atoms with E-state index < -0.39 is 0 Å². The van der Waals surface area contributed by atoms with Gasteiger partial charge in [-0.25, -0.2) is 9.97 Å². The molecule has 0 spiro atoms. The molecule has 2 fully saturated rings. The van der Waals surface area contributed by atoms with Crippen molar-refractivity contribution in [1.29, 1.82) is 0 Å². The van der Waals surface area contributed by atoms with Gasteiger partial charge in [0.2, 0.25) is 5.95 Å². The highest BCUT2D eigenvalue weighted by Gasteiger charge is 2.39. The minimum Gasteiger partial charge on any atom is -0.493 e. The number of nitrogen functional groups attached to an aromatic ring is 1. The number of nitrogens with zero attached hydrogens (tertiary/aromatic N) is 2. The molecule has 2 aliphatic rings. The van der Waals surface area contributed by atoms with E-state index in [2.05, 4.69) is 22.1 Å². The van der Waals surface area contributed by atoms with Gasteiger partial charge in [-0.2, -0.15) is 0 Å². The molecule has 0 aliphatic heterocycles. The third-order valence-corrected chi connectivity index (χ3v) is 6.35. The summed E-state index contributed by atoms with van der Waals surface area (Å²) in [6, 6.07) is 6.21. The first-order valence-corrected chi connectivity index (χ1v) is 10.2. The Morgan fingerprint density at radius 1 is 1.00 bits per heavy atom. The summed E-state index contributed by atoms with van der Waals surface area (Å²) in [6.07, 6.45) is 11.4. The third kappa shape index (κ3) is 3.65. The molecule has 0 amide bonds. The minimum absolute atomic E-state index is 0.254. The van der Waals surface area contributed by atoms with Crippen LogP contribution in [0.4, 0.5) is 5.95 Å². The molecule has 28 heavy (non-hydrogen) atoms. The predicted octanol–water partition coefficient (Wildman–Crippen LogP) is 3.61. The van der Waals surface area contributed by atoms with Crippen molar-refractivity contribution in [3.05, 3.63) is 41.7 Å². The molecular formula is C22H29N3O3. The van der Waals surface area contributed by atoms with Gasteiger partial charge in [0, 0.05) is 17.8 Å². The highest BCUT2D eigenvalue weighted by atomic mass is 16.5. The first kappa shape index (κ1) is 19.0. The summed E-state index contributed by atoms with van der Waals surface area (Å²) < 4.78 is 11.9. The molecule has 1 aromatic heterocycles. The predicted molar refractivity (Wildman–Crippen MR) is 108 cm³/mol. The van der Waals surface area contributed by atoms with Crippen LogP contribution in [0, 0.1) is 0 Å². The third-order valence-electron chi connectivity index (χ3n) is 6.35.